The molecule has 21 nitrogen and oxygen atoms in total. The second-order valence-corrected chi connectivity index (χ2v) is 18.2. The minimum Gasteiger partial charge on any atom is -0.480 e. The molecular weight excluding hydrogens is 875 g/mol. The highest BCUT2D eigenvalue weighted by molar-refractivity contribution is 7.89. The number of nitrogens with one attached hydrogen (secondary N) is 5. The Kier molecular flexibility index (Phi) is 18.9. The lowest BCUT2D eigenvalue weighted by molar-refractivity contribution is -0.138. The molecule has 1 aliphatic heterocycles. The van der Waals surface area contributed by atoms with Gasteiger partial charge in [-0.3, -0.25) is 43.6 Å². The Morgan fingerprint density at radius 3 is 2.02 bits per heavy atom. The molecule has 2 aromatic heterocycles. The first-order valence-electron chi connectivity index (χ1n) is 21.9. The molecule has 4 aromatic rings. The van der Waals surface area contributed by atoms with Gasteiger partial charge in [-0.05, 0) is 62.9 Å². The molecule has 1 unspecified atom stereocenters. The van der Waals surface area contributed by atoms with E-state index in [9.17, 15) is 47.7 Å². The molecule has 66 heavy (non-hydrogen) atoms. The SMILES string of the molecule is CC(=O)C(CNC(=O)c1cn(CCCNC(=O)CN2CCN(CO)CCN(CO)CCN(CC(=O)O)CC2)c2cc(CNc3ncc[nH]3)ccc2c1=O)NS(=O)(=O)c1c(C)cc(C)cc1C. The van der Waals surface area contributed by atoms with Crippen molar-refractivity contribution in [2.75, 3.05) is 97.3 Å². The minimum absolute atomic E-state index is 0.0158. The maximum absolute atomic E-state index is 13.9. The number of carbonyl (C=O) groups excluding carboxylic acids is 3. The highest BCUT2D eigenvalue weighted by Gasteiger charge is 2.28. The van der Waals surface area contributed by atoms with E-state index in [1.54, 1.807) is 64.9 Å². The number of pyridine rings is 1. The van der Waals surface area contributed by atoms with Crippen LogP contribution < -0.4 is 26.1 Å². The number of anilines is 1. The number of aromatic nitrogens is 3. The maximum Gasteiger partial charge on any atom is 0.317 e. The van der Waals surface area contributed by atoms with Crippen molar-refractivity contribution in [3.05, 3.63) is 87.0 Å². The Labute approximate surface area is 384 Å². The molecule has 1 aliphatic rings. The van der Waals surface area contributed by atoms with Crippen molar-refractivity contribution in [2.45, 2.75) is 58.1 Å². The number of carbonyl (C=O) groups is 4. The lowest BCUT2D eigenvalue weighted by Gasteiger charge is -2.32. The van der Waals surface area contributed by atoms with Crippen molar-refractivity contribution >= 4 is 50.4 Å². The number of Topliss-reactive ketones (excluding diaryl/α,β-unsaturated/α-hetero) is 1. The van der Waals surface area contributed by atoms with Crippen molar-refractivity contribution in [3.8, 4) is 0 Å². The smallest absolute Gasteiger partial charge is 0.317 e. The van der Waals surface area contributed by atoms with E-state index in [0.717, 1.165) is 11.1 Å². The predicted molar refractivity (Wildman–Crippen MR) is 247 cm³/mol. The second kappa shape index (κ2) is 24.3. The van der Waals surface area contributed by atoms with E-state index in [0.29, 0.717) is 87.9 Å². The van der Waals surface area contributed by atoms with Crippen LogP contribution in [0, 0.1) is 20.8 Å². The minimum atomic E-state index is -4.18. The molecule has 1 atom stereocenters. The van der Waals surface area contributed by atoms with Crippen LogP contribution in [0.25, 0.3) is 10.9 Å². The number of rotatable bonds is 20. The summed E-state index contributed by atoms with van der Waals surface area (Å²) in [7, 11) is -4.18. The van der Waals surface area contributed by atoms with Crippen LogP contribution in [0.1, 0.15) is 46.0 Å². The number of amides is 2. The lowest BCUT2D eigenvalue weighted by Crippen LogP contribution is -2.49. The first-order chi connectivity index (χ1) is 31.5. The standard InChI is InChI=1S/C44H63N11O10S/c1-30-20-31(2)42(32(3)21-30)66(64,65)50-37(33(4)58)24-48-43(63)36-25-55(38-22-34(6-7-35(38)41(36)62)23-49-44-46-9-10-47-44)11-5-8-45-39(59)26-51-12-13-52(27-40(60)61)15-17-54(29-57)19-18-53(28-56)16-14-51/h6-7,9-10,20-22,25,37,50,56-57H,5,8,11-19,23-24,26-29H2,1-4H3,(H,45,59)(H,48,63)(H,60,61)(H2,46,47,49). The summed E-state index contributed by atoms with van der Waals surface area (Å²) in [4.78, 5) is 79.9. The zero-order chi connectivity index (χ0) is 48.0. The van der Waals surface area contributed by atoms with Gasteiger partial charge in [-0.25, -0.2) is 13.4 Å². The molecule has 0 aliphatic carbocycles. The molecule has 0 radical (unpaired) electrons. The predicted octanol–water partition coefficient (Wildman–Crippen LogP) is -0.360. The number of aliphatic hydroxyl groups excluding tert-OH is 2. The first-order valence-corrected chi connectivity index (χ1v) is 23.3. The molecule has 2 amide bonds. The summed E-state index contributed by atoms with van der Waals surface area (Å²) >= 11 is 0. The van der Waals surface area contributed by atoms with Gasteiger partial charge in [0.1, 0.15) is 11.3 Å². The summed E-state index contributed by atoms with van der Waals surface area (Å²) in [5.41, 5.74) is 2.44. The van der Waals surface area contributed by atoms with Crippen molar-refractivity contribution in [2.24, 2.45) is 0 Å². The highest BCUT2D eigenvalue weighted by Crippen LogP contribution is 2.22. The van der Waals surface area contributed by atoms with Crippen LogP contribution in [0.5, 0.6) is 0 Å². The quantitative estimate of drug-likeness (QED) is 0.0526. The number of fused-ring (bicyclic) bond motifs is 1. The largest absolute Gasteiger partial charge is 0.480 e. The zero-order valence-electron chi connectivity index (χ0n) is 38.0. The molecule has 22 heteroatoms. The summed E-state index contributed by atoms with van der Waals surface area (Å²) < 4.78 is 31.2. The number of sulfonamides is 1. The number of hydrogen-bond acceptors (Lipinski definition) is 15. The molecule has 0 saturated carbocycles. The summed E-state index contributed by atoms with van der Waals surface area (Å²) in [5.74, 6) is -2.05. The molecule has 1 fully saturated rings. The number of aromatic amines is 1. The molecule has 1 saturated heterocycles. The van der Waals surface area contributed by atoms with Crippen molar-refractivity contribution in [3.63, 3.8) is 0 Å². The van der Waals surface area contributed by atoms with Gasteiger partial charge in [0.25, 0.3) is 5.91 Å². The molecule has 5 rings (SSSR count). The number of H-pyrrole nitrogens is 1. The Hall–Kier alpha value is -5.59. The average Bonchev–Trinajstić information content (AvgIpc) is 3.79. The van der Waals surface area contributed by atoms with Crippen LogP contribution in [0.3, 0.4) is 0 Å². The maximum atomic E-state index is 13.9. The number of ketones is 1. The van der Waals surface area contributed by atoms with E-state index in [2.05, 4.69) is 30.6 Å². The van der Waals surface area contributed by atoms with Gasteiger partial charge < -0.3 is 40.8 Å². The van der Waals surface area contributed by atoms with Gasteiger partial charge in [0.05, 0.1) is 43.0 Å². The van der Waals surface area contributed by atoms with Gasteiger partial charge in [-0.2, -0.15) is 4.72 Å². The molecule has 0 spiro atoms. The van der Waals surface area contributed by atoms with Crippen molar-refractivity contribution in [1.82, 2.24) is 49.5 Å². The number of aryl methyl sites for hydroxylation is 4. The van der Waals surface area contributed by atoms with Gasteiger partial charge in [-0.1, -0.05) is 23.8 Å². The Bertz CT molecular complexity index is 2460. The number of carboxylic acids is 1. The lowest BCUT2D eigenvalue weighted by atomic mass is 10.1. The molecule has 2 aromatic carbocycles. The third kappa shape index (κ3) is 14.7. The topological polar surface area (TPSA) is 275 Å². The molecule has 8 N–H and O–H groups in total. The number of carboxylic acid groups (broad SMARTS) is 1. The van der Waals surface area contributed by atoms with Crippen molar-refractivity contribution in [1.29, 1.82) is 0 Å². The fourth-order valence-corrected chi connectivity index (χ4v) is 9.65. The van der Waals surface area contributed by atoms with Crippen molar-refractivity contribution < 1.29 is 42.9 Å². The van der Waals surface area contributed by atoms with Gasteiger partial charge >= 0.3 is 5.97 Å². The van der Waals surface area contributed by atoms with Gasteiger partial charge in [0.15, 0.2) is 5.95 Å². The molecular formula is C44H63N11O10S. The third-order valence-corrected chi connectivity index (χ3v) is 13.2. The molecule has 3 heterocycles. The summed E-state index contributed by atoms with van der Waals surface area (Å²) in [6.45, 7) is 9.62. The fourth-order valence-electron chi connectivity index (χ4n) is 7.94. The van der Waals surface area contributed by atoms with E-state index >= 15 is 0 Å². The van der Waals surface area contributed by atoms with Crippen LogP contribution in [0.15, 0.2) is 58.6 Å². The number of imidazole rings is 1. The normalized spacial score (nSPS) is 15.7. The van der Waals surface area contributed by atoms with Crippen LogP contribution in [-0.4, -0.2) is 179 Å². The van der Waals surface area contributed by atoms with Crippen LogP contribution in [0.4, 0.5) is 5.95 Å². The molecule has 360 valence electrons. The second-order valence-electron chi connectivity index (χ2n) is 16.6. The van der Waals surface area contributed by atoms with E-state index in [1.165, 1.54) is 13.1 Å². The fraction of sp³-hybridized carbons (Fsp3) is 0.500. The van der Waals surface area contributed by atoms with Crippen LogP contribution >= 0.6 is 0 Å². The summed E-state index contributed by atoms with van der Waals surface area (Å²) in [6.07, 6.45) is 5.10. The number of aliphatic carboxylic acids is 1. The molecule has 0 bridgehead atoms. The third-order valence-electron chi connectivity index (χ3n) is 11.4. The Morgan fingerprint density at radius 1 is 0.848 bits per heavy atom. The van der Waals surface area contributed by atoms with E-state index < -0.39 is 45.7 Å². The number of nitrogens with zero attached hydrogens (tertiary/aromatic N) is 6. The van der Waals surface area contributed by atoms with Gasteiger partial charge in [0.2, 0.25) is 21.4 Å². The summed E-state index contributed by atoms with van der Waals surface area (Å²) in [5, 5.41) is 38.2. The van der Waals surface area contributed by atoms with E-state index in [4.69, 9.17) is 0 Å². The Balaban J connectivity index is 1.30. The van der Waals surface area contributed by atoms with E-state index in [1.807, 2.05) is 22.8 Å². The monoisotopic (exact) mass is 937 g/mol. The number of hydrogen-bond donors (Lipinski definition) is 8. The highest BCUT2D eigenvalue weighted by atomic mass is 32.2. The Morgan fingerprint density at radius 2 is 1.45 bits per heavy atom. The van der Waals surface area contributed by atoms with Gasteiger partial charge in [0, 0.05) is 103 Å². The number of benzene rings is 2. The van der Waals surface area contributed by atoms with Gasteiger partial charge in [-0.15, -0.1) is 0 Å². The average molecular weight is 938 g/mol. The number of aliphatic hydroxyl groups is 2. The summed E-state index contributed by atoms with van der Waals surface area (Å²) in [6, 6.07) is 7.33. The zero-order valence-corrected chi connectivity index (χ0v) is 38.8. The van der Waals surface area contributed by atoms with Crippen LogP contribution in [0.2, 0.25) is 0 Å². The van der Waals surface area contributed by atoms with Crippen LogP contribution in [-0.2, 0) is 37.5 Å². The first kappa shape index (κ1) is 51.4. The van der Waals surface area contributed by atoms with E-state index in [-0.39, 0.29) is 61.4 Å².